The van der Waals surface area contributed by atoms with Gasteiger partial charge in [0, 0.05) is 31.0 Å². The van der Waals surface area contributed by atoms with Crippen LogP contribution < -0.4 is 10.1 Å². The number of hydrogen-bond acceptors (Lipinski definition) is 3. The van der Waals surface area contributed by atoms with E-state index in [0.29, 0.717) is 24.9 Å². The number of halogens is 1. The molecule has 1 aliphatic carbocycles. The van der Waals surface area contributed by atoms with E-state index in [4.69, 9.17) is 4.74 Å². The van der Waals surface area contributed by atoms with Crippen LogP contribution in [0.4, 0.5) is 4.39 Å². The van der Waals surface area contributed by atoms with Crippen LogP contribution >= 0.6 is 0 Å². The van der Waals surface area contributed by atoms with Gasteiger partial charge in [0.2, 0.25) is 0 Å². The fourth-order valence-electron chi connectivity index (χ4n) is 2.00. The first-order chi connectivity index (χ1) is 9.79. The molecule has 20 heavy (non-hydrogen) atoms. The van der Waals surface area contributed by atoms with Crippen LogP contribution in [0, 0.1) is 5.82 Å². The molecule has 1 aromatic heterocycles. The Kier molecular flexibility index (Phi) is 3.92. The molecule has 0 atom stereocenters. The smallest absolute Gasteiger partial charge is 0.127 e. The average Bonchev–Trinajstić information content (AvgIpc) is 3.28. The molecule has 1 aromatic carbocycles. The highest BCUT2D eigenvalue weighted by molar-refractivity contribution is 5.30. The lowest BCUT2D eigenvalue weighted by Crippen LogP contribution is -2.15. The number of benzene rings is 1. The Morgan fingerprint density at radius 2 is 1.95 bits per heavy atom. The Bertz CT molecular complexity index is 570. The molecule has 1 saturated carbocycles. The van der Waals surface area contributed by atoms with Gasteiger partial charge in [0.15, 0.2) is 0 Å². The van der Waals surface area contributed by atoms with Crippen LogP contribution in [0.15, 0.2) is 42.7 Å². The van der Waals surface area contributed by atoms with Gasteiger partial charge in [-0.1, -0.05) is 0 Å². The molecule has 3 nitrogen and oxygen atoms in total. The highest BCUT2D eigenvalue weighted by Gasteiger charge is 2.20. The summed E-state index contributed by atoms with van der Waals surface area (Å²) in [4.78, 5) is 3.95. The monoisotopic (exact) mass is 272 g/mol. The largest absolute Gasteiger partial charge is 0.489 e. The van der Waals surface area contributed by atoms with Crippen molar-refractivity contribution in [1.82, 2.24) is 10.3 Å². The van der Waals surface area contributed by atoms with Crippen molar-refractivity contribution in [2.24, 2.45) is 0 Å². The summed E-state index contributed by atoms with van der Waals surface area (Å²) < 4.78 is 19.2. The Balaban J connectivity index is 1.62. The third-order valence-electron chi connectivity index (χ3n) is 3.26. The molecule has 1 aliphatic rings. The summed E-state index contributed by atoms with van der Waals surface area (Å²) in [7, 11) is 0. The summed E-state index contributed by atoms with van der Waals surface area (Å²) >= 11 is 0. The summed E-state index contributed by atoms with van der Waals surface area (Å²) in [5.41, 5.74) is 1.93. The number of ether oxygens (including phenoxy) is 1. The van der Waals surface area contributed by atoms with Crippen LogP contribution in [-0.4, -0.2) is 11.0 Å². The van der Waals surface area contributed by atoms with Gasteiger partial charge >= 0.3 is 0 Å². The summed E-state index contributed by atoms with van der Waals surface area (Å²) in [5, 5.41) is 3.37. The molecule has 3 rings (SSSR count). The first kappa shape index (κ1) is 13.1. The average molecular weight is 272 g/mol. The molecule has 0 bridgehead atoms. The van der Waals surface area contributed by atoms with Crippen molar-refractivity contribution in [2.45, 2.75) is 32.0 Å². The molecule has 0 saturated heterocycles. The van der Waals surface area contributed by atoms with Crippen molar-refractivity contribution in [1.29, 1.82) is 0 Å². The molecule has 2 aromatic rings. The second-order valence-electron chi connectivity index (χ2n) is 5.09. The zero-order chi connectivity index (χ0) is 13.8. The van der Waals surface area contributed by atoms with E-state index in [2.05, 4.69) is 10.3 Å². The third-order valence-corrected chi connectivity index (χ3v) is 3.26. The topological polar surface area (TPSA) is 34.1 Å². The van der Waals surface area contributed by atoms with Gasteiger partial charge < -0.3 is 10.1 Å². The van der Waals surface area contributed by atoms with Crippen molar-refractivity contribution >= 4 is 0 Å². The number of pyridine rings is 1. The third kappa shape index (κ3) is 3.78. The van der Waals surface area contributed by atoms with Crippen LogP contribution in [0.5, 0.6) is 5.75 Å². The Morgan fingerprint density at radius 3 is 2.70 bits per heavy atom. The van der Waals surface area contributed by atoms with E-state index < -0.39 is 0 Å². The van der Waals surface area contributed by atoms with E-state index in [0.717, 1.165) is 11.1 Å². The van der Waals surface area contributed by atoms with Gasteiger partial charge in [-0.2, -0.15) is 0 Å². The second-order valence-corrected chi connectivity index (χ2v) is 5.09. The van der Waals surface area contributed by atoms with Gasteiger partial charge in [0.05, 0.1) is 0 Å². The standard InChI is InChI=1S/C16H17FN2O/c17-14-7-13(10-19-15-1-2-15)8-16(9-14)20-11-12-3-5-18-6-4-12/h3-9,15,19H,1-2,10-11H2. The maximum atomic E-state index is 13.6. The molecule has 1 heterocycles. The van der Waals surface area contributed by atoms with Gasteiger partial charge in [-0.3, -0.25) is 4.98 Å². The van der Waals surface area contributed by atoms with E-state index in [-0.39, 0.29) is 5.82 Å². The minimum atomic E-state index is -0.259. The van der Waals surface area contributed by atoms with E-state index in [9.17, 15) is 4.39 Å². The normalized spacial score (nSPS) is 14.2. The summed E-state index contributed by atoms with van der Waals surface area (Å²) in [6, 6.07) is 9.24. The maximum Gasteiger partial charge on any atom is 0.127 e. The highest BCUT2D eigenvalue weighted by Crippen LogP contribution is 2.21. The second kappa shape index (κ2) is 6.01. The predicted octanol–water partition coefficient (Wildman–Crippen LogP) is 3.05. The van der Waals surface area contributed by atoms with E-state index in [1.807, 2.05) is 18.2 Å². The van der Waals surface area contributed by atoms with Gasteiger partial charge in [-0.05, 0) is 48.2 Å². The zero-order valence-corrected chi connectivity index (χ0v) is 11.2. The van der Waals surface area contributed by atoms with Gasteiger partial charge in [-0.15, -0.1) is 0 Å². The quantitative estimate of drug-likeness (QED) is 0.877. The maximum absolute atomic E-state index is 13.6. The number of nitrogens with zero attached hydrogens (tertiary/aromatic N) is 1. The van der Waals surface area contributed by atoms with E-state index in [1.54, 1.807) is 18.5 Å². The molecule has 1 fully saturated rings. The molecule has 0 unspecified atom stereocenters. The van der Waals surface area contributed by atoms with Gasteiger partial charge in [0.1, 0.15) is 18.2 Å². The van der Waals surface area contributed by atoms with Crippen molar-refractivity contribution in [2.75, 3.05) is 0 Å². The SMILES string of the molecule is Fc1cc(CNC2CC2)cc(OCc2ccncc2)c1. The first-order valence-corrected chi connectivity index (χ1v) is 6.84. The van der Waals surface area contributed by atoms with Crippen LogP contribution in [-0.2, 0) is 13.2 Å². The molecular formula is C16H17FN2O. The van der Waals surface area contributed by atoms with E-state index >= 15 is 0 Å². The predicted molar refractivity (Wildman–Crippen MR) is 74.8 cm³/mol. The summed E-state index contributed by atoms with van der Waals surface area (Å²) in [5.74, 6) is 0.305. The molecule has 0 spiro atoms. The number of hydrogen-bond donors (Lipinski definition) is 1. The molecule has 1 N–H and O–H groups in total. The zero-order valence-electron chi connectivity index (χ0n) is 11.2. The van der Waals surface area contributed by atoms with Crippen LogP contribution in [0.25, 0.3) is 0 Å². The Labute approximate surface area is 117 Å². The van der Waals surface area contributed by atoms with E-state index in [1.165, 1.54) is 18.9 Å². The highest BCUT2D eigenvalue weighted by atomic mass is 19.1. The van der Waals surface area contributed by atoms with Gasteiger partial charge in [0.25, 0.3) is 0 Å². The minimum absolute atomic E-state index is 0.259. The van der Waals surface area contributed by atoms with Crippen LogP contribution in [0.3, 0.4) is 0 Å². The molecule has 104 valence electrons. The number of nitrogens with one attached hydrogen (secondary N) is 1. The number of rotatable bonds is 6. The van der Waals surface area contributed by atoms with Crippen LogP contribution in [0.2, 0.25) is 0 Å². The Morgan fingerprint density at radius 1 is 1.15 bits per heavy atom. The summed E-state index contributed by atoms with van der Waals surface area (Å²) in [6.45, 7) is 1.11. The van der Waals surface area contributed by atoms with Gasteiger partial charge in [-0.25, -0.2) is 4.39 Å². The molecule has 4 heteroatoms. The van der Waals surface area contributed by atoms with Crippen molar-refractivity contribution in [3.63, 3.8) is 0 Å². The van der Waals surface area contributed by atoms with Crippen molar-refractivity contribution in [3.8, 4) is 5.75 Å². The summed E-state index contributed by atoms with van der Waals surface area (Å²) in [6.07, 6.45) is 5.88. The molecular weight excluding hydrogens is 255 g/mol. The molecule has 0 aliphatic heterocycles. The fourth-order valence-corrected chi connectivity index (χ4v) is 2.00. The fraction of sp³-hybridized carbons (Fsp3) is 0.312. The lowest BCUT2D eigenvalue weighted by molar-refractivity contribution is 0.304. The molecule has 0 amide bonds. The van der Waals surface area contributed by atoms with Crippen LogP contribution in [0.1, 0.15) is 24.0 Å². The Hall–Kier alpha value is -1.94. The van der Waals surface area contributed by atoms with Crippen molar-refractivity contribution < 1.29 is 9.13 Å². The number of aromatic nitrogens is 1. The molecule has 0 radical (unpaired) electrons. The first-order valence-electron chi connectivity index (χ1n) is 6.84. The minimum Gasteiger partial charge on any atom is -0.489 e. The van der Waals surface area contributed by atoms with Crippen molar-refractivity contribution in [3.05, 3.63) is 59.7 Å². The lowest BCUT2D eigenvalue weighted by Gasteiger charge is -2.09. The lowest BCUT2D eigenvalue weighted by atomic mass is 10.2.